The Morgan fingerprint density at radius 2 is 2.06 bits per heavy atom. The number of aromatic nitrogens is 3. The molecule has 3 aromatic rings. The van der Waals surface area contributed by atoms with E-state index in [9.17, 15) is 13.6 Å². The van der Waals surface area contributed by atoms with Gasteiger partial charge in [0, 0.05) is 32.2 Å². The molecule has 0 spiro atoms. The molecular formula is C25H29F2N3O4Si. The fourth-order valence-electron chi connectivity index (χ4n) is 3.67. The predicted molar refractivity (Wildman–Crippen MR) is 133 cm³/mol. The number of terminal acetylenes is 1. The molecule has 0 bridgehead atoms. The van der Waals surface area contributed by atoms with Crippen molar-refractivity contribution in [2.75, 3.05) is 6.61 Å². The molecule has 1 aliphatic rings. The lowest BCUT2D eigenvalue weighted by Crippen LogP contribution is -2.26. The molecule has 1 aromatic carbocycles. The van der Waals surface area contributed by atoms with Gasteiger partial charge in [-0.1, -0.05) is 19.6 Å². The van der Waals surface area contributed by atoms with Crippen LogP contribution in [0.2, 0.25) is 25.7 Å². The third-order valence-corrected chi connectivity index (χ3v) is 7.37. The summed E-state index contributed by atoms with van der Waals surface area (Å²) in [6.45, 7) is 4.42. The third kappa shape index (κ3) is 6.10. The van der Waals surface area contributed by atoms with Gasteiger partial charge in [0.2, 0.25) is 0 Å². The molecule has 0 unspecified atom stereocenters. The molecule has 4 rings (SSSR count). The van der Waals surface area contributed by atoms with E-state index in [0.29, 0.717) is 34.3 Å². The summed E-state index contributed by atoms with van der Waals surface area (Å²) < 4.78 is 43.2. The Balaban J connectivity index is 1.70. The molecule has 10 heteroatoms. The molecule has 0 atom stereocenters. The van der Waals surface area contributed by atoms with E-state index < -0.39 is 14.7 Å². The molecule has 1 saturated carbocycles. The first kappa shape index (κ1) is 24.9. The molecule has 7 nitrogen and oxygen atoms in total. The van der Waals surface area contributed by atoms with Crippen LogP contribution in [0.4, 0.5) is 8.78 Å². The van der Waals surface area contributed by atoms with Crippen molar-refractivity contribution in [2.45, 2.75) is 64.4 Å². The van der Waals surface area contributed by atoms with Crippen LogP contribution in [0.1, 0.15) is 18.4 Å². The lowest BCUT2D eigenvalue weighted by atomic mass is 10.0. The van der Waals surface area contributed by atoms with Crippen molar-refractivity contribution in [1.29, 1.82) is 0 Å². The standard InChI is InChI=1S/C25H29F2N3O4Si/c1-5-6-18-22-19(14-28-30(24(22)31)15-32-11-12-35(2,3)4)29-23(18)16-7-10-20(34-25(26)27)21(13-16)33-17-8-9-17/h1,7,10,13-14,17,25,29H,6,8-9,11-12,15H2,2-4H3. The van der Waals surface area contributed by atoms with Crippen molar-refractivity contribution in [2.24, 2.45) is 0 Å². The van der Waals surface area contributed by atoms with E-state index in [1.165, 1.54) is 10.7 Å². The largest absolute Gasteiger partial charge is 0.487 e. The lowest BCUT2D eigenvalue weighted by Gasteiger charge is -2.15. The summed E-state index contributed by atoms with van der Waals surface area (Å²) in [5.74, 6) is 2.80. The second-order valence-corrected chi connectivity index (χ2v) is 15.4. The zero-order valence-electron chi connectivity index (χ0n) is 20.1. The lowest BCUT2D eigenvalue weighted by molar-refractivity contribution is -0.0516. The minimum absolute atomic E-state index is 0.0180. The predicted octanol–water partition coefficient (Wildman–Crippen LogP) is 5.02. The van der Waals surface area contributed by atoms with Crippen LogP contribution in [-0.2, 0) is 17.9 Å². The molecule has 35 heavy (non-hydrogen) atoms. The Morgan fingerprint density at radius 1 is 1.29 bits per heavy atom. The van der Waals surface area contributed by atoms with Gasteiger partial charge in [-0.3, -0.25) is 4.79 Å². The van der Waals surface area contributed by atoms with E-state index in [0.717, 1.165) is 18.9 Å². The van der Waals surface area contributed by atoms with Crippen LogP contribution in [0.3, 0.4) is 0 Å². The van der Waals surface area contributed by atoms with Crippen molar-refractivity contribution in [3.05, 3.63) is 40.3 Å². The van der Waals surface area contributed by atoms with Gasteiger partial charge in [-0.25, -0.2) is 4.68 Å². The van der Waals surface area contributed by atoms with Crippen molar-refractivity contribution in [3.8, 4) is 35.1 Å². The van der Waals surface area contributed by atoms with Crippen LogP contribution in [0.15, 0.2) is 29.2 Å². The van der Waals surface area contributed by atoms with E-state index in [1.807, 2.05) is 0 Å². The Morgan fingerprint density at radius 3 is 2.71 bits per heavy atom. The fraction of sp³-hybridized carbons (Fsp3) is 0.440. The average Bonchev–Trinajstić information content (AvgIpc) is 3.52. The molecule has 2 aromatic heterocycles. The molecule has 1 aliphatic carbocycles. The number of alkyl halides is 2. The van der Waals surface area contributed by atoms with Gasteiger partial charge >= 0.3 is 6.61 Å². The monoisotopic (exact) mass is 501 g/mol. The van der Waals surface area contributed by atoms with E-state index in [-0.39, 0.29) is 36.3 Å². The highest BCUT2D eigenvalue weighted by atomic mass is 28.3. The molecular weight excluding hydrogens is 472 g/mol. The first-order valence-electron chi connectivity index (χ1n) is 11.5. The van der Waals surface area contributed by atoms with Crippen LogP contribution < -0.4 is 15.0 Å². The van der Waals surface area contributed by atoms with Crippen molar-refractivity contribution in [1.82, 2.24) is 14.8 Å². The maximum Gasteiger partial charge on any atom is 0.387 e. The van der Waals surface area contributed by atoms with Gasteiger partial charge in [0.15, 0.2) is 11.5 Å². The summed E-state index contributed by atoms with van der Waals surface area (Å²) in [7, 11) is -1.25. The van der Waals surface area contributed by atoms with Crippen LogP contribution >= 0.6 is 0 Å². The number of ether oxygens (including phenoxy) is 3. The molecule has 1 N–H and O–H groups in total. The Labute approximate surface area is 203 Å². The molecule has 0 radical (unpaired) electrons. The van der Waals surface area contributed by atoms with Gasteiger partial charge in [-0.05, 0) is 37.1 Å². The normalized spacial score (nSPS) is 13.9. The Hall–Kier alpha value is -3.16. The summed E-state index contributed by atoms with van der Waals surface area (Å²) in [5.41, 5.74) is 2.10. The maximum absolute atomic E-state index is 13.3. The second kappa shape index (κ2) is 10.2. The van der Waals surface area contributed by atoms with Crippen LogP contribution in [0, 0.1) is 12.3 Å². The van der Waals surface area contributed by atoms with E-state index in [1.54, 1.807) is 18.3 Å². The minimum atomic E-state index is -2.97. The van der Waals surface area contributed by atoms with Crippen LogP contribution in [0.25, 0.3) is 22.2 Å². The fourth-order valence-corrected chi connectivity index (χ4v) is 4.43. The van der Waals surface area contributed by atoms with Gasteiger partial charge in [0.1, 0.15) is 6.73 Å². The topological polar surface area (TPSA) is 78.4 Å². The van der Waals surface area contributed by atoms with Gasteiger partial charge in [0.05, 0.1) is 28.9 Å². The quantitative estimate of drug-likeness (QED) is 0.227. The van der Waals surface area contributed by atoms with E-state index in [2.05, 4.69) is 40.4 Å². The maximum atomic E-state index is 13.3. The van der Waals surface area contributed by atoms with Crippen LogP contribution in [-0.4, -0.2) is 42.2 Å². The number of fused-ring (bicyclic) bond motifs is 1. The van der Waals surface area contributed by atoms with Gasteiger partial charge in [-0.2, -0.15) is 13.9 Å². The smallest absolute Gasteiger partial charge is 0.387 e. The zero-order valence-corrected chi connectivity index (χ0v) is 21.1. The first-order valence-corrected chi connectivity index (χ1v) is 15.2. The number of hydrogen-bond acceptors (Lipinski definition) is 5. The van der Waals surface area contributed by atoms with E-state index >= 15 is 0 Å². The Bertz CT molecular complexity index is 1300. The number of nitrogens with one attached hydrogen (secondary N) is 1. The highest BCUT2D eigenvalue weighted by molar-refractivity contribution is 6.76. The molecule has 0 saturated heterocycles. The third-order valence-electron chi connectivity index (χ3n) is 5.66. The van der Waals surface area contributed by atoms with Gasteiger partial charge in [-0.15, -0.1) is 12.3 Å². The number of benzene rings is 1. The summed E-state index contributed by atoms with van der Waals surface area (Å²) >= 11 is 0. The SMILES string of the molecule is C#CCc1c(-c2ccc(OC(F)F)c(OC3CC3)c2)[nH]c2cnn(COCC[Si](C)(C)C)c(=O)c12. The average molecular weight is 502 g/mol. The number of aromatic amines is 1. The van der Waals surface area contributed by atoms with E-state index in [4.69, 9.17) is 15.9 Å². The Kier molecular flexibility index (Phi) is 7.28. The number of halogens is 2. The highest BCUT2D eigenvalue weighted by Crippen LogP contribution is 2.39. The summed E-state index contributed by atoms with van der Waals surface area (Å²) in [4.78, 5) is 16.5. The molecule has 186 valence electrons. The number of rotatable bonds is 11. The molecule has 1 fully saturated rings. The van der Waals surface area contributed by atoms with Crippen molar-refractivity contribution >= 4 is 19.0 Å². The number of H-pyrrole nitrogens is 1. The molecule has 0 aliphatic heterocycles. The first-order chi connectivity index (χ1) is 16.7. The minimum Gasteiger partial charge on any atom is -0.487 e. The van der Waals surface area contributed by atoms with Crippen LogP contribution in [0.5, 0.6) is 11.5 Å². The van der Waals surface area contributed by atoms with Gasteiger partial charge < -0.3 is 19.2 Å². The summed E-state index contributed by atoms with van der Waals surface area (Å²) in [6, 6.07) is 5.68. The zero-order chi connectivity index (χ0) is 25.2. The summed E-state index contributed by atoms with van der Waals surface area (Å²) in [6.07, 6.45) is 9.09. The van der Waals surface area contributed by atoms with Crippen molar-refractivity contribution < 1.29 is 23.0 Å². The number of hydrogen-bond donors (Lipinski definition) is 1. The molecule has 2 heterocycles. The van der Waals surface area contributed by atoms with Crippen molar-refractivity contribution in [3.63, 3.8) is 0 Å². The summed E-state index contributed by atoms with van der Waals surface area (Å²) in [5, 5.41) is 4.67. The second-order valence-electron chi connectivity index (χ2n) is 9.80. The molecule has 0 amide bonds. The highest BCUT2D eigenvalue weighted by Gasteiger charge is 2.26. The van der Waals surface area contributed by atoms with Gasteiger partial charge in [0.25, 0.3) is 5.56 Å². The number of nitrogens with zero attached hydrogens (tertiary/aromatic N) is 2.